The van der Waals surface area contributed by atoms with Crippen molar-refractivity contribution in [1.29, 1.82) is 0 Å². The third kappa shape index (κ3) is 6.45. The zero-order chi connectivity index (χ0) is 30.6. The second-order valence-corrected chi connectivity index (χ2v) is 12.0. The van der Waals surface area contributed by atoms with Gasteiger partial charge in [0.2, 0.25) is 5.91 Å². The number of fused-ring (bicyclic) bond motifs is 1. The van der Waals surface area contributed by atoms with Crippen molar-refractivity contribution in [2.45, 2.75) is 87.7 Å². The van der Waals surface area contributed by atoms with E-state index in [0.717, 1.165) is 0 Å². The summed E-state index contributed by atoms with van der Waals surface area (Å²) in [5, 5.41) is 10.4. The summed E-state index contributed by atoms with van der Waals surface area (Å²) in [7, 11) is 0. The molecule has 0 bridgehead atoms. The average Bonchev–Trinajstić information content (AvgIpc) is 3.26. The molecule has 0 spiro atoms. The minimum absolute atomic E-state index is 0.0755. The number of carbonyl (C=O) groups excluding carboxylic acids is 1. The van der Waals surface area contributed by atoms with Crippen molar-refractivity contribution in [2.75, 3.05) is 19.6 Å². The van der Waals surface area contributed by atoms with Crippen LogP contribution in [0.25, 0.3) is 0 Å². The lowest BCUT2D eigenvalue weighted by atomic mass is 9.83. The van der Waals surface area contributed by atoms with Gasteiger partial charge in [-0.2, -0.15) is 26.3 Å². The molecule has 3 saturated heterocycles. The molecule has 3 aliphatic heterocycles. The number of likely N-dealkylation sites (tertiary alicyclic amines) is 1. The van der Waals surface area contributed by atoms with Crippen LogP contribution >= 0.6 is 0 Å². The number of benzene rings is 2. The highest BCUT2D eigenvalue weighted by Crippen LogP contribution is 2.45. The summed E-state index contributed by atoms with van der Waals surface area (Å²) < 4.78 is 101. The predicted octanol–water partition coefficient (Wildman–Crippen LogP) is 6.31. The molecule has 2 aromatic rings. The van der Waals surface area contributed by atoms with Crippen molar-refractivity contribution in [3.63, 3.8) is 0 Å². The second kappa shape index (κ2) is 11.1. The molecule has 0 saturated carbocycles. The number of amides is 1. The Labute approximate surface area is 239 Å². The van der Waals surface area contributed by atoms with Crippen molar-refractivity contribution < 1.29 is 45.4 Å². The van der Waals surface area contributed by atoms with E-state index in [1.165, 1.54) is 19.1 Å². The average molecular weight is 603 g/mol. The molecule has 3 aliphatic rings. The maximum atomic E-state index is 13.8. The van der Waals surface area contributed by atoms with E-state index < -0.39 is 53.0 Å². The van der Waals surface area contributed by atoms with Gasteiger partial charge in [-0.1, -0.05) is 12.1 Å². The lowest BCUT2D eigenvalue weighted by molar-refractivity contribution is -0.143. The summed E-state index contributed by atoms with van der Waals surface area (Å²) in [5.41, 5.74) is -3.25. The summed E-state index contributed by atoms with van der Waals surface area (Å²) in [6, 6.07) is 6.60. The fourth-order valence-corrected chi connectivity index (χ4v) is 6.58. The quantitative estimate of drug-likeness (QED) is 0.408. The highest BCUT2D eigenvalue weighted by Gasteiger charge is 2.50. The van der Waals surface area contributed by atoms with E-state index in [1.54, 1.807) is 24.0 Å². The summed E-state index contributed by atoms with van der Waals surface area (Å²) in [4.78, 5) is 17.2. The lowest BCUT2D eigenvalue weighted by Crippen LogP contribution is -2.54. The SMILES string of the molecule is C[C@@H](O[C@H]1CN2C(=O)CC(N3CCC(C)(O)CC3)CC2C1c1ccc(F)cc1)c1cc(C(F)(F)F)cc(C(F)(F)F)c1. The Morgan fingerprint density at radius 2 is 1.55 bits per heavy atom. The van der Waals surface area contributed by atoms with Crippen LogP contribution in [0.1, 0.15) is 73.8 Å². The largest absolute Gasteiger partial charge is 0.416 e. The fraction of sp³-hybridized carbons (Fsp3) is 0.567. The smallest absolute Gasteiger partial charge is 0.390 e. The minimum Gasteiger partial charge on any atom is -0.390 e. The Morgan fingerprint density at radius 1 is 0.976 bits per heavy atom. The van der Waals surface area contributed by atoms with E-state index in [1.807, 2.05) is 0 Å². The maximum absolute atomic E-state index is 13.8. The standard InChI is InChI=1S/C30H33F7N2O3/c1-17(19-11-20(29(32,33)34)13-21(12-19)30(35,36)37)42-25-16-39-24(27(25)18-3-5-22(31)6-4-18)14-23(15-26(39)40)38-9-7-28(2,41)8-10-38/h3-6,11-13,17,23-25,27,41H,7-10,14-16H2,1-2H3/t17-,23?,24?,25+,27?/m1/s1. The van der Waals surface area contributed by atoms with Crippen molar-refractivity contribution in [2.24, 2.45) is 0 Å². The number of ether oxygens (including phenoxy) is 1. The van der Waals surface area contributed by atoms with E-state index in [2.05, 4.69) is 4.90 Å². The third-order valence-corrected chi connectivity index (χ3v) is 8.94. The van der Waals surface area contributed by atoms with Crippen molar-refractivity contribution in [3.05, 3.63) is 70.5 Å². The number of alkyl halides is 6. The Morgan fingerprint density at radius 3 is 2.10 bits per heavy atom. The number of aliphatic hydroxyl groups is 1. The summed E-state index contributed by atoms with van der Waals surface area (Å²) in [5.74, 6) is -1.08. The molecule has 3 fully saturated rings. The van der Waals surface area contributed by atoms with Gasteiger partial charge in [0.1, 0.15) is 5.82 Å². The number of rotatable bonds is 5. The van der Waals surface area contributed by atoms with Crippen LogP contribution in [-0.2, 0) is 21.9 Å². The van der Waals surface area contributed by atoms with Crippen LogP contribution in [0.5, 0.6) is 0 Å². The maximum Gasteiger partial charge on any atom is 0.416 e. The van der Waals surface area contributed by atoms with Gasteiger partial charge in [0.05, 0.1) is 28.9 Å². The molecule has 5 atom stereocenters. The van der Waals surface area contributed by atoms with Crippen molar-refractivity contribution in [1.82, 2.24) is 9.80 Å². The van der Waals surface area contributed by atoms with E-state index in [9.17, 15) is 40.6 Å². The first-order valence-electron chi connectivity index (χ1n) is 14.0. The molecule has 5 rings (SSSR count). The number of hydrogen-bond donors (Lipinski definition) is 1. The highest BCUT2D eigenvalue weighted by molar-refractivity contribution is 5.79. The molecule has 3 unspecified atom stereocenters. The fourth-order valence-electron chi connectivity index (χ4n) is 6.58. The number of hydrogen-bond acceptors (Lipinski definition) is 4. The number of nitrogens with zero attached hydrogens (tertiary/aromatic N) is 2. The Balaban J connectivity index is 1.44. The van der Waals surface area contributed by atoms with Gasteiger partial charge < -0.3 is 14.7 Å². The van der Waals surface area contributed by atoms with Crippen LogP contribution in [0.4, 0.5) is 30.7 Å². The molecule has 12 heteroatoms. The lowest BCUT2D eigenvalue weighted by Gasteiger charge is -2.45. The molecule has 0 radical (unpaired) electrons. The number of piperidine rings is 2. The normalized spacial score (nSPS) is 27.7. The van der Waals surface area contributed by atoms with Crippen LogP contribution in [-0.4, -0.2) is 64.2 Å². The van der Waals surface area contributed by atoms with Crippen LogP contribution in [0, 0.1) is 5.82 Å². The van der Waals surface area contributed by atoms with Crippen LogP contribution in [0.3, 0.4) is 0 Å². The summed E-state index contributed by atoms with van der Waals surface area (Å²) in [6.45, 7) is 4.51. The first-order chi connectivity index (χ1) is 19.5. The molecule has 1 amide bonds. The van der Waals surface area contributed by atoms with E-state index in [0.29, 0.717) is 50.0 Å². The first kappa shape index (κ1) is 30.7. The molecule has 3 heterocycles. The van der Waals surface area contributed by atoms with E-state index >= 15 is 0 Å². The van der Waals surface area contributed by atoms with Crippen LogP contribution in [0.15, 0.2) is 42.5 Å². The molecular formula is C30H33F7N2O3. The Bertz CT molecular complexity index is 1250. The predicted molar refractivity (Wildman–Crippen MR) is 139 cm³/mol. The summed E-state index contributed by atoms with van der Waals surface area (Å²) in [6.07, 6.45) is -9.98. The molecule has 0 aliphatic carbocycles. The van der Waals surface area contributed by atoms with Crippen LogP contribution < -0.4 is 0 Å². The van der Waals surface area contributed by atoms with Gasteiger partial charge in [0, 0.05) is 44.1 Å². The van der Waals surface area contributed by atoms with Crippen molar-refractivity contribution in [3.8, 4) is 0 Å². The van der Waals surface area contributed by atoms with Gasteiger partial charge in [0.15, 0.2) is 0 Å². The minimum atomic E-state index is -5.00. The highest BCUT2D eigenvalue weighted by atomic mass is 19.4. The van der Waals surface area contributed by atoms with Gasteiger partial charge in [-0.05, 0) is 74.6 Å². The zero-order valence-electron chi connectivity index (χ0n) is 23.2. The van der Waals surface area contributed by atoms with Gasteiger partial charge in [-0.3, -0.25) is 9.69 Å². The molecule has 5 nitrogen and oxygen atoms in total. The molecular weight excluding hydrogens is 569 g/mol. The zero-order valence-corrected chi connectivity index (χ0v) is 23.2. The van der Waals surface area contributed by atoms with E-state index in [-0.39, 0.29) is 42.6 Å². The first-order valence-corrected chi connectivity index (χ1v) is 14.0. The Kier molecular flexibility index (Phi) is 8.12. The van der Waals surface area contributed by atoms with E-state index in [4.69, 9.17) is 4.74 Å². The van der Waals surface area contributed by atoms with Gasteiger partial charge in [0.25, 0.3) is 0 Å². The van der Waals surface area contributed by atoms with Gasteiger partial charge >= 0.3 is 12.4 Å². The Hall–Kier alpha value is -2.70. The number of halogens is 7. The van der Waals surface area contributed by atoms with Crippen molar-refractivity contribution >= 4 is 5.91 Å². The third-order valence-electron chi connectivity index (χ3n) is 8.94. The van der Waals surface area contributed by atoms with Crippen LogP contribution in [0.2, 0.25) is 0 Å². The monoisotopic (exact) mass is 602 g/mol. The number of carbonyl (C=O) groups is 1. The molecule has 230 valence electrons. The van der Waals surface area contributed by atoms with Gasteiger partial charge in [-0.25, -0.2) is 4.39 Å². The molecule has 1 N–H and O–H groups in total. The summed E-state index contributed by atoms with van der Waals surface area (Å²) >= 11 is 0. The topological polar surface area (TPSA) is 53.0 Å². The molecule has 0 aromatic heterocycles. The second-order valence-electron chi connectivity index (χ2n) is 12.0. The molecule has 42 heavy (non-hydrogen) atoms. The van der Waals surface area contributed by atoms with Gasteiger partial charge in [-0.15, -0.1) is 0 Å². The molecule has 2 aromatic carbocycles.